The van der Waals surface area contributed by atoms with E-state index >= 15 is 0 Å². The Morgan fingerprint density at radius 1 is 1.30 bits per heavy atom. The van der Waals surface area contributed by atoms with Gasteiger partial charge in [0, 0.05) is 18.4 Å². The van der Waals surface area contributed by atoms with Crippen molar-refractivity contribution in [3.8, 4) is 17.0 Å². The molecule has 0 radical (unpaired) electrons. The van der Waals surface area contributed by atoms with Gasteiger partial charge in [-0.05, 0) is 55.9 Å². The summed E-state index contributed by atoms with van der Waals surface area (Å²) in [4.78, 5) is 16.4. The fourth-order valence-electron chi connectivity index (χ4n) is 2.64. The average molecular weight is 311 g/mol. The van der Waals surface area contributed by atoms with Crippen LogP contribution in [0.5, 0.6) is 5.75 Å². The summed E-state index contributed by atoms with van der Waals surface area (Å²) in [5, 5.41) is 5.89. The molecule has 3 rings (SSSR count). The fraction of sp³-hybridized carbons (Fsp3) is 0.333. The molecule has 1 aliphatic rings. The first-order valence-electron chi connectivity index (χ1n) is 7.94. The van der Waals surface area contributed by atoms with Crippen LogP contribution in [0.15, 0.2) is 36.4 Å². The van der Waals surface area contributed by atoms with Gasteiger partial charge in [0.2, 0.25) is 5.91 Å². The first kappa shape index (κ1) is 15.5. The lowest BCUT2D eigenvalue weighted by Crippen LogP contribution is -2.15. The summed E-state index contributed by atoms with van der Waals surface area (Å²) in [6, 6.07) is 11.8. The standard InChI is InChI=1S/C18H21N3O2/c1-19-10-3-6-18(22)21-17-5-2-4-15(20-17)13-7-8-16-14(12-13)9-11-23-16/h2,4-5,7-8,12,19H,3,6,9-11H2,1H3,(H,20,21,22). The van der Waals surface area contributed by atoms with Crippen molar-refractivity contribution in [2.75, 3.05) is 25.5 Å². The van der Waals surface area contributed by atoms with Crippen molar-refractivity contribution in [2.45, 2.75) is 19.3 Å². The molecule has 23 heavy (non-hydrogen) atoms. The SMILES string of the molecule is CNCCCC(=O)Nc1cccc(-c2ccc3c(c2)CCO3)n1. The minimum atomic E-state index is -0.00717. The topological polar surface area (TPSA) is 63.2 Å². The maximum absolute atomic E-state index is 11.9. The molecule has 0 fully saturated rings. The van der Waals surface area contributed by atoms with Crippen LogP contribution in [0, 0.1) is 0 Å². The van der Waals surface area contributed by atoms with Crippen molar-refractivity contribution >= 4 is 11.7 Å². The molecule has 0 aliphatic carbocycles. The number of carbonyl (C=O) groups is 1. The highest BCUT2D eigenvalue weighted by atomic mass is 16.5. The summed E-state index contributed by atoms with van der Waals surface area (Å²) in [5.74, 6) is 1.55. The Morgan fingerprint density at radius 2 is 2.22 bits per heavy atom. The molecule has 1 aromatic heterocycles. The second-order valence-corrected chi connectivity index (χ2v) is 5.58. The van der Waals surface area contributed by atoms with Gasteiger partial charge < -0.3 is 15.4 Å². The zero-order chi connectivity index (χ0) is 16.1. The van der Waals surface area contributed by atoms with E-state index in [9.17, 15) is 4.79 Å². The summed E-state index contributed by atoms with van der Waals surface area (Å²) in [6.45, 7) is 1.58. The molecule has 1 amide bonds. The second-order valence-electron chi connectivity index (χ2n) is 5.58. The number of nitrogens with zero attached hydrogens (tertiary/aromatic N) is 1. The van der Waals surface area contributed by atoms with E-state index in [4.69, 9.17) is 4.74 Å². The molecular weight excluding hydrogens is 290 g/mol. The minimum absolute atomic E-state index is 0.00717. The Labute approximate surface area is 136 Å². The summed E-state index contributed by atoms with van der Waals surface area (Å²) in [7, 11) is 1.88. The van der Waals surface area contributed by atoms with Crippen LogP contribution in [0.25, 0.3) is 11.3 Å². The van der Waals surface area contributed by atoms with Gasteiger partial charge in [-0.1, -0.05) is 6.07 Å². The molecule has 2 heterocycles. The van der Waals surface area contributed by atoms with Crippen LogP contribution in [-0.2, 0) is 11.2 Å². The van der Waals surface area contributed by atoms with Gasteiger partial charge in [-0.15, -0.1) is 0 Å². The largest absolute Gasteiger partial charge is 0.493 e. The Hall–Kier alpha value is -2.40. The number of hydrogen-bond acceptors (Lipinski definition) is 4. The second kappa shape index (κ2) is 7.24. The zero-order valence-corrected chi connectivity index (χ0v) is 13.3. The minimum Gasteiger partial charge on any atom is -0.493 e. The summed E-state index contributed by atoms with van der Waals surface area (Å²) < 4.78 is 5.53. The third-order valence-electron chi connectivity index (χ3n) is 3.83. The van der Waals surface area contributed by atoms with Gasteiger partial charge >= 0.3 is 0 Å². The molecular formula is C18H21N3O2. The lowest BCUT2D eigenvalue weighted by molar-refractivity contribution is -0.116. The molecule has 0 atom stereocenters. The Bertz CT molecular complexity index is 700. The van der Waals surface area contributed by atoms with Crippen molar-refractivity contribution in [2.24, 2.45) is 0 Å². The normalized spacial score (nSPS) is 12.6. The first-order valence-corrected chi connectivity index (χ1v) is 7.94. The van der Waals surface area contributed by atoms with Crippen LogP contribution in [0.1, 0.15) is 18.4 Å². The predicted molar refractivity (Wildman–Crippen MR) is 90.7 cm³/mol. The highest BCUT2D eigenvalue weighted by Crippen LogP contribution is 2.30. The van der Waals surface area contributed by atoms with Crippen LogP contribution >= 0.6 is 0 Å². The Morgan fingerprint density at radius 3 is 3.09 bits per heavy atom. The van der Waals surface area contributed by atoms with Gasteiger partial charge in [-0.3, -0.25) is 4.79 Å². The van der Waals surface area contributed by atoms with Gasteiger partial charge in [0.25, 0.3) is 0 Å². The van der Waals surface area contributed by atoms with Gasteiger partial charge in [0.05, 0.1) is 12.3 Å². The van der Waals surface area contributed by atoms with E-state index in [1.165, 1.54) is 5.56 Å². The Balaban J connectivity index is 1.71. The molecule has 0 saturated heterocycles. The number of ether oxygens (including phenoxy) is 1. The van der Waals surface area contributed by atoms with E-state index in [1.54, 1.807) is 0 Å². The lowest BCUT2D eigenvalue weighted by Gasteiger charge is -2.08. The van der Waals surface area contributed by atoms with Crippen LogP contribution in [-0.4, -0.2) is 31.1 Å². The Kier molecular flexibility index (Phi) is 4.88. The highest BCUT2D eigenvalue weighted by Gasteiger charge is 2.13. The predicted octanol–water partition coefficient (Wildman–Crippen LogP) is 2.62. The molecule has 2 N–H and O–H groups in total. The summed E-state index contributed by atoms with van der Waals surface area (Å²) in [5.41, 5.74) is 3.11. The first-order chi connectivity index (χ1) is 11.3. The molecule has 5 heteroatoms. The van der Waals surface area contributed by atoms with E-state index in [-0.39, 0.29) is 5.91 Å². The van der Waals surface area contributed by atoms with Gasteiger partial charge in [-0.25, -0.2) is 4.98 Å². The average Bonchev–Trinajstić information content (AvgIpc) is 3.03. The number of aromatic nitrogens is 1. The number of carbonyl (C=O) groups excluding carboxylic acids is 1. The molecule has 0 saturated carbocycles. The number of pyridine rings is 1. The van der Waals surface area contributed by atoms with Crippen LogP contribution in [0.3, 0.4) is 0 Å². The van der Waals surface area contributed by atoms with E-state index in [0.717, 1.165) is 43.0 Å². The molecule has 0 spiro atoms. The lowest BCUT2D eigenvalue weighted by atomic mass is 10.1. The smallest absolute Gasteiger partial charge is 0.225 e. The molecule has 0 unspecified atom stereocenters. The number of benzene rings is 1. The fourth-order valence-corrected chi connectivity index (χ4v) is 2.64. The molecule has 2 aromatic rings. The number of rotatable bonds is 6. The van der Waals surface area contributed by atoms with Crippen LogP contribution in [0.4, 0.5) is 5.82 Å². The molecule has 5 nitrogen and oxygen atoms in total. The summed E-state index contributed by atoms with van der Waals surface area (Å²) >= 11 is 0. The molecule has 1 aliphatic heterocycles. The quantitative estimate of drug-likeness (QED) is 0.805. The number of anilines is 1. The number of fused-ring (bicyclic) bond motifs is 1. The molecule has 1 aromatic carbocycles. The van der Waals surface area contributed by atoms with E-state index < -0.39 is 0 Å². The van der Waals surface area contributed by atoms with Crippen molar-refractivity contribution in [3.63, 3.8) is 0 Å². The maximum Gasteiger partial charge on any atom is 0.225 e. The van der Waals surface area contributed by atoms with Crippen molar-refractivity contribution in [3.05, 3.63) is 42.0 Å². The van der Waals surface area contributed by atoms with Crippen molar-refractivity contribution in [1.29, 1.82) is 0 Å². The third-order valence-corrected chi connectivity index (χ3v) is 3.83. The zero-order valence-electron chi connectivity index (χ0n) is 13.3. The van der Waals surface area contributed by atoms with Crippen molar-refractivity contribution in [1.82, 2.24) is 10.3 Å². The van der Waals surface area contributed by atoms with Gasteiger partial charge in [0.1, 0.15) is 11.6 Å². The van der Waals surface area contributed by atoms with Crippen LogP contribution in [0.2, 0.25) is 0 Å². The van der Waals surface area contributed by atoms with E-state index in [1.807, 2.05) is 37.4 Å². The van der Waals surface area contributed by atoms with E-state index in [0.29, 0.717) is 12.2 Å². The molecule has 0 bridgehead atoms. The summed E-state index contributed by atoms with van der Waals surface area (Å²) in [6.07, 6.45) is 2.24. The van der Waals surface area contributed by atoms with Gasteiger partial charge in [0.15, 0.2) is 0 Å². The number of hydrogen-bond donors (Lipinski definition) is 2. The highest BCUT2D eigenvalue weighted by molar-refractivity contribution is 5.90. The van der Waals surface area contributed by atoms with Crippen LogP contribution < -0.4 is 15.4 Å². The van der Waals surface area contributed by atoms with Crippen molar-refractivity contribution < 1.29 is 9.53 Å². The monoisotopic (exact) mass is 311 g/mol. The maximum atomic E-state index is 11.9. The third kappa shape index (κ3) is 3.87. The van der Waals surface area contributed by atoms with Gasteiger partial charge in [-0.2, -0.15) is 0 Å². The number of nitrogens with one attached hydrogen (secondary N) is 2. The van der Waals surface area contributed by atoms with E-state index in [2.05, 4.69) is 21.7 Å². The molecule has 120 valence electrons. The number of amides is 1.